The molecule has 2 heterocycles. The first kappa shape index (κ1) is 11.6. The van der Waals surface area contributed by atoms with Gasteiger partial charge in [0.2, 0.25) is 17.2 Å². The van der Waals surface area contributed by atoms with Crippen molar-refractivity contribution >= 4 is 17.5 Å². The quantitative estimate of drug-likeness (QED) is 0.900. The molecule has 0 spiro atoms. The zero-order valence-corrected chi connectivity index (χ0v) is 9.14. The molecule has 0 saturated heterocycles. The molecule has 90 valence electrons. The minimum absolute atomic E-state index is 0.00556. The molecule has 0 aliphatic heterocycles. The number of nitrogens with one attached hydrogen (secondary N) is 1. The van der Waals surface area contributed by atoms with Gasteiger partial charge < -0.3 is 5.32 Å². The van der Waals surface area contributed by atoms with Crippen LogP contribution in [0.15, 0.2) is 18.7 Å². The number of hydrogen-bond donors (Lipinski definition) is 1. The number of imidazole rings is 1. The molecule has 2 aromatic rings. The first-order valence-electron chi connectivity index (χ1n) is 4.57. The number of rotatable bonds is 4. The van der Waals surface area contributed by atoms with Gasteiger partial charge in [-0.2, -0.15) is 15.0 Å². The topological polar surface area (TPSA) is 68.5 Å². The van der Waals surface area contributed by atoms with Crippen molar-refractivity contribution in [2.24, 2.45) is 0 Å². The summed E-state index contributed by atoms with van der Waals surface area (Å²) in [6, 6.07) is 0. The van der Waals surface area contributed by atoms with Gasteiger partial charge in [-0.25, -0.2) is 13.8 Å². The zero-order valence-electron chi connectivity index (χ0n) is 8.39. The lowest BCUT2D eigenvalue weighted by Gasteiger charge is -2.06. The SMILES string of the molecule is FC(F)CNc1nc(Cl)nc(-n2ccnc2)n1. The Hall–Kier alpha value is -1.83. The number of halogens is 3. The predicted molar refractivity (Wildman–Crippen MR) is 56.5 cm³/mol. The third-order valence-corrected chi connectivity index (χ3v) is 1.92. The van der Waals surface area contributed by atoms with E-state index in [4.69, 9.17) is 11.6 Å². The van der Waals surface area contributed by atoms with Crippen LogP contribution < -0.4 is 5.32 Å². The van der Waals surface area contributed by atoms with Gasteiger partial charge in [0.05, 0.1) is 6.54 Å². The van der Waals surface area contributed by atoms with Crippen LogP contribution in [0.2, 0.25) is 5.28 Å². The maximum Gasteiger partial charge on any atom is 0.255 e. The van der Waals surface area contributed by atoms with Crippen LogP contribution in [0.25, 0.3) is 5.95 Å². The monoisotopic (exact) mass is 260 g/mol. The number of anilines is 1. The minimum Gasteiger partial charge on any atom is -0.348 e. The van der Waals surface area contributed by atoms with Crippen molar-refractivity contribution in [1.29, 1.82) is 0 Å². The Morgan fingerprint density at radius 1 is 1.35 bits per heavy atom. The fourth-order valence-electron chi connectivity index (χ4n) is 1.08. The van der Waals surface area contributed by atoms with Gasteiger partial charge >= 0.3 is 0 Å². The standard InChI is InChI=1S/C8H7ClF2N6/c9-6-14-7(13-3-5(10)11)16-8(15-6)17-2-1-12-4-17/h1-2,4-5H,3H2,(H,13,14,15,16). The molecular formula is C8H7ClF2N6. The van der Waals surface area contributed by atoms with E-state index in [2.05, 4.69) is 25.3 Å². The summed E-state index contributed by atoms with van der Waals surface area (Å²) in [6.07, 6.45) is 2.09. The molecule has 0 fully saturated rings. The van der Waals surface area contributed by atoms with E-state index >= 15 is 0 Å². The fourth-order valence-corrected chi connectivity index (χ4v) is 1.24. The maximum absolute atomic E-state index is 12.0. The minimum atomic E-state index is -2.50. The van der Waals surface area contributed by atoms with Crippen LogP contribution in [-0.4, -0.2) is 37.5 Å². The van der Waals surface area contributed by atoms with Crippen LogP contribution in [0.4, 0.5) is 14.7 Å². The maximum atomic E-state index is 12.0. The number of aromatic nitrogens is 5. The normalized spacial score (nSPS) is 10.8. The van der Waals surface area contributed by atoms with E-state index in [9.17, 15) is 8.78 Å². The van der Waals surface area contributed by atoms with Crippen LogP contribution in [0.3, 0.4) is 0 Å². The van der Waals surface area contributed by atoms with Crippen LogP contribution in [0, 0.1) is 0 Å². The van der Waals surface area contributed by atoms with E-state index in [-0.39, 0.29) is 17.2 Å². The molecule has 1 N–H and O–H groups in total. The lowest BCUT2D eigenvalue weighted by Crippen LogP contribution is -2.14. The third-order valence-electron chi connectivity index (χ3n) is 1.75. The Bertz CT molecular complexity index is 489. The molecule has 0 radical (unpaired) electrons. The van der Waals surface area contributed by atoms with Crippen LogP contribution in [-0.2, 0) is 0 Å². The molecule has 0 aliphatic rings. The Morgan fingerprint density at radius 3 is 2.82 bits per heavy atom. The highest BCUT2D eigenvalue weighted by molar-refractivity contribution is 6.28. The summed E-state index contributed by atoms with van der Waals surface area (Å²) in [4.78, 5) is 15.3. The highest BCUT2D eigenvalue weighted by Crippen LogP contribution is 2.09. The van der Waals surface area contributed by atoms with Gasteiger partial charge in [0, 0.05) is 12.4 Å². The first-order chi connectivity index (χ1) is 8.15. The molecular weight excluding hydrogens is 254 g/mol. The van der Waals surface area contributed by atoms with Crippen molar-refractivity contribution in [3.05, 3.63) is 24.0 Å². The van der Waals surface area contributed by atoms with Crippen LogP contribution >= 0.6 is 11.6 Å². The van der Waals surface area contributed by atoms with Gasteiger partial charge in [0.25, 0.3) is 6.43 Å². The number of nitrogens with zero attached hydrogens (tertiary/aromatic N) is 5. The molecule has 2 rings (SSSR count). The average molecular weight is 261 g/mol. The van der Waals surface area contributed by atoms with E-state index in [0.717, 1.165) is 0 Å². The van der Waals surface area contributed by atoms with Crippen molar-refractivity contribution in [3.63, 3.8) is 0 Å². The van der Waals surface area contributed by atoms with E-state index in [1.807, 2.05) is 0 Å². The molecule has 0 aliphatic carbocycles. The molecule has 0 atom stereocenters. The van der Waals surface area contributed by atoms with Crippen molar-refractivity contribution in [3.8, 4) is 5.95 Å². The van der Waals surface area contributed by atoms with Gasteiger partial charge in [0.1, 0.15) is 6.33 Å². The highest BCUT2D eigenvalue weighted by Gasteiger charge is 2.08. The first-order valence-corrected chi connectivity index (χ1v) is 4.95. The Kier molecular flexibility index (Phi) is 3.43. The molecule has 0 amide bonds. The number of hydrogen-bond acceptors (Lipinski definition) is 5. The van der Waals surface area contributed by atoms with Gasteiger partial charge in [0.15, 0.2) is 0 Å². The van der Waals surface area contributed by atoms with Gasteiger partial charge in [-0.3, -0.25) is 4.57 Å². The average Bonchev–Trinajstić information content (AvgIpc) is 2.79. The smallest absolute Gasteiger partial charge is 0.255 e. The Balaban J connectivity index is 2.24. The van der Waals surface area contributed by atoms with Gasteiger partial charge in [-0.1, -0.05) is 0 Å². The molecule has 2 aromatic heterocycles. The lowest BCUT2D eigenvalue weighted by atomic mass is 10.6. The summed E-state index contributed by atoms with van der Waals surface area (Å²) >= 11 is 5.66. The predicted octanol–water partition coefficient (Wildman–Crippen LogP) is 1.39. The summed E-state index contributed by atoms with van der Waals surface area (Å²) < 4.78 is 25.5. The van der Waals surface area contributed by atoms with Crippen molar-refractivity contribution in [2.75, 3.05) is 11.9 Å². The second-order valence-corrected chi connectivity index (χ2v) is 3.31. The summed E-state index contributed by atoms with van der Waals surface area (Å²) in [5, 5.41) is 2.27. The van der Waals surface area contributed by atoms with E-state index in [1.54, 1.807) is 6.20 Å². The summed E-state index contributed by atoms with van der Waals surface area (Å²) in [5.41, 5.74) is 0. The second kappa shape index (κ2) is 5.00. The molecule has 0 bridgehead atoms. The van der Waals surface area contributed by atoms with E-state index in [0.29, 0.717) is 0 Å². The van der Waals surface area contributed by atoms with Gasteiger partial charge in [-0.05, 0) is 11.6 Å². The lowest BCUT2D eigenvalue weighted by molar-refractivity contribution is 0.163. The van der Waals surface area contributed by atoms with Crippen molar-refractivity contribution in [1.82, 2.24) is 24.5 Å². The number of alkyl halides is 2. The molecule has 0 unspecified atom stereocenters. The largest absolute Gasteiger partial charge is 0.348 e. The van der Waals surface area contributed by atoms with Gasteiger partial charge in [-0.15, -0.1) is 0 Å². The fraction of sp³-hybridized carbons (Fsp3) is 0.250. The van der Waals surface area contributed by atoms with Crippen molar-refractivity contribution in [2.45, 2.75) is 6.43 Å². The molecule has 6 nitrogen and oxygen atoms in total. The highest BCUT2D eigenvalue weighted by atomic mass is 35.5. The van der Waals surface area contributed by atoms with E-state index < -0.39 is 13.0 Å². The molecule has 0 aromatic carbocycles. The van der Waals surface area contributed by atoms with Crippen LogP contribution in [0.1, 0.15) is 0 Å². The van der Waals surface area contributed by atoms with Crippen LogP contribution in [0.5, 0.6) is 0 Å². The molecule has 9 heteroatoms. The third kappa shape index (κ3) is 3.06. The Labute approximate surface area is 99.7 Å². The summed E-state index contributed by atoms with van der Waals surface area (Å²) in [6.45, 7) is -0.552. The summed E-state index contributed by atoms with van der Waals surface area (Å²) in [5.74, 6) is 0.202. The zero-order chi connectivity index (χ0) is 12.3. The van der Waals surface area contributed by atoms with E-state index in [1.165, 1.54) is 17.1 Å². The second-order valence-electron chi connectivity index (χ2n) is 2.97. The molecule has 0 saturated carbocycles. The molecule has 17 heavy (non-hydrogen) atoms. The van der Waals surface area contributed by atoms with Crippen molar-refractivity contribution < 1.29 is 8.78 Å². The summed E-state index contributed by atoms with van der Waals surface area (Å²) in [7, 11) is 0. The Morgan fingerprint density at radius 2 is 2.18 bits per heavy atom.